The molecule has 0 amide bonds. The molecule has 4 nitrogen and oxygen atoms in total. The molecule has 1 rings (SSSR count). The van der Waals surface area contributed by atoms with Gasteiger partial charge >= 0.3 is 0 Å². The molecule has 0 aliphatic heterocycles. The summed E-state index contributed by atoms with van der Waals surface area (Å²) < 4.78 is 0. The molecule has 0 aliphatic carbocycles. The van der Waals surface area contributed by atoms with E-state index in [4.69, 9.17) is 0 Å². The number of nitriles is 1. The molecule has 0 saturated carbocycles. The maximum Gasteiger partial charge on any atom is 0.0999 e. The number of rotatable bonds is 6. The molecular weight excluding hydrogens is 290 g/mol. The van der Waals surface area contributed by atoms with Gasteiger partial charge in [0.1, 0.15) is 0 Å². The lowest BCUT2D eigenvalue weighted by Crippen LogP contribution is -2.29. The van der Waals surface area contributed by atoms with E-state index in [-0.39, 0.29) is 0 Å². The highest BCUT2D eigenvalue weighted by molar-refractivity contribution is 5.52. The van der Waals surface area contributed by atoms with Crippen molar-refractivity contribution < 1.29 is 15.3 Å². The average Bonchev–Trinajstić information content (AvgIpc) is 2.53. The zero-order valence-electron chi connectivity index (χ0n) is 15.1. The van der Waals surface area contributed by atoms with Crippen LogP contribution in [0.2, 0.25) is 0 Å². The van der Waals surface area contributed by atoms with E-state index in [1.54, 1.807) is 32.9 Å². The van der Waals surface area contributed by atoms with E-state index in [1.165, 1.54) is 0 Å². The van der Waals surface area contributed by atoms with Crippen LogP contribution < -0.4 is 0 Å². The minimum absolute atomic E-state index is 0.291. The van der Waals surface area contributed by atoms with E-state index in [1.807, 2.05) is 20.8 Å². The first-order chi connectivity index (χ1) is 10.5. The summed E-state index contributed by atoms with van der Waals surface area (Å²) in [5.41, 5.74) is -1.70. The van der Waals surface area contributed by atoms with Crippen molar-refractivity contribution in [3.8, 4) is 6.07 Å². The van der Waals surface area contributed by atoms with Crippen molar-refractivity contribution in [3.05, 3.63) is 34.4 Å². The Balaban J connectivity index is 3.87. The van der Waals surface area contributed by atoms with Crippen molar-refractivity contribution >= 4 is 0 Å². The van der Waals surface area contributed by atoms with Gasteiger partial charge in [-0.15, -0.1) is 0 Å². The summed E-state index contributed by atoms with van der Waals surface area (Å²) in [5, 5.41) is 41.7. The molecule has 0 bridgehead atoms. The summed E-state index contributed by atoms with van der Waals surface area (Å²) in [7, 11) is 0. The van der Waals surface area contributed by atoms with Gasteiger partial charge in [-0.1, -0.05) is 20.8 Å². The second-order valence-electron chi connectivity index (χ2n) is 6.94. The van der Waals surface area contributed by atoms with Crippen LogP contribution in [-0.2, 0) is 16.8 Å². The summed E-state index contributed by atoms with van der Waals surface area (Å²) in [6.45, 7) is 10.5. The lowest BCUT2D eigenvalue weighted by atomic mass is 9.78. The van der Waals surface area contributed by atoms with Gasteiger partial charge in [0.05, 0.1) is 28.4 Å². The molecule has 3 atom stereocenters. The van der Waals surface area contributed by atoms with Crippen molar-refractivity contribution in [3.63, 3.8) is 0 Å². The zero-order chi connectivity index (χ0) is 18.1. The maximum absolute atomic E-state index is 10.7. The third kappa shape index (κ3) is 3.74. The molecule has 4 heteroatoms. The molecule has 0 aliphatic rings. The van der Waals surface area contributed by atoms with Gasteiger partial charge in [0.2, 0.25) is 0 Å². The van der Waals surface area contributed by atoms with Crippen LogP contribution >= 0.6 is 0 Å². The number of benzene rings is 1. The molecule has 3 N–H and O–H groups in total. The second kappa shape index (κ2) is 6.60. The monoisotopic (exact) mass is 319 g/mol. The minimum atomic E-state index is -1.20. The van der Waals surface area contributed by atoms with E-state index in [2.05, 4.69) is 6.07 Å². The van der Waals surface area contributed by atoms with Gasteiger partial charge in [-0.25, -0.2) is 0 Å². The van der Waals surface area contributed by atoms with Crippen LogP contribution in [0.25, 0.3) is 0 Å². The Morgan fingerprint density at radius 3 is 1.43 bits per heavy atom. The predicted octanol–water partition coefficient (Wildman–Crippen LogP) is 3.41. The average molecular weight is 319 g/mol. The Labute approximate surface area is 139 Å². The van der Waals surface area contributed by atoms with Crippen LogP contribution in [0.3, 0.4) is 0 Å². The van der Waals surface area contributed by atoms with Crippen molar-refractivity contribution in [1.82, 2.24) is 0 Å². The molecule has 0 radical (unpaired) electrons. The predicted molar refractivity (Wildman–Crippen MR) is 90.7 cm³/mol. The Hall–Kier alpha value is -1.41. The molecule has 23 heavy (non-hydrogen) atoms. The number of hydrogen-bond acceptors (Lipinski definition) is 4. The molecule has 1 aromatic rings. The number of aliphatic hydroxyl groups is 3. The van der Waals surface area contributed by atoms with Crippen LogP contribution in [0.15, 0.2) is 12.1 Å². The van der Waals surface area contributed by atoms with Gasteiger partial charge in [0.25, 0.3) is 0 Å². The summed E-state index contributed by atoms with van der Waals surface area (Å²) in [4.78, 5) is 0. The van der Waals surface area contributed by atoms with Gasteiger partial charge < -0.3 is 15.3 Å². The first-order valence-corrected chi connectivity index (χ1v) is 8.23. The highest BCUT2D eigenvalue weighted by Crippen LogP contribution is 2.38. The van der Waals surface area contributed by atoms with E-state index < -0.39 is 16.8 Å². The molecular formula is C19H29NO3. The topological polar surface area (TPSA) is 84.5 Å². The van der Waals surface area contributed by atoms with Gasteiger partial charge in [0.15, 0.2) is 0 Å². The summed E-state index contributed by atoms with van der Waals surface area (Å²) in [6.07, 6.45) is 1.33. The maximum atomic E-state index is 10.7. The van der Waals surface area contributed by atoms with Gasteiger partial charge in [-0.2, -0.15) is 5.26 Å². The van der Waals surface area contributed by atoms with Crippen LogP contribution in [0.1, 0.15) is 83.1 Å². The van der Waals surface area contributed by atoms with Crippen LogP contribution in [0.5, 0.6) is 0 Å². The lowest BCUT2D eigenvalue weighted by molar-refractivity contribution is 0.0392. The fourth-order valence-electron chi connectivity index (χ4n) is 2.51. The second-order valence-corrected chi connectivity index (χ2v) is 6.94. The molecule has 128 valence electrons. The molecule has 0 fully saturated rings. The Morgan fingerprint density at radius 2 is 1.17 bits per heavy atom. The van der Waals surface area contributed by atoms with Gasteiger partial charge in [0, 0.05) is 11.1 Å². The van der Waals surface area contributed by atoms with Crippen molar-refractivity contribution in [2.75, 3.05) is 0 Å². The van der Waals surface area contributed by atoms with E-state index in [0.717, 1.165) is 0 Å². The SMILES string of the molecule is CCC(C)(O)c1cc(C(C)(O)CC)c(C#N)c(C(C)(O)CC)c1. The van der Waals surface area contributed by atoms with Gasteiger partial charge in [-0.3, -0.25) is 0 Å². The minimum Gasteiger partial charge on any atom is -0.385 e. The third-order valence-corrected chi connectivity index (χ3v) is 5.10. The first-order valence-electron chi connectivity index (χ1n) is 8.23. The van der Waals surface area contributed by atoms with Crippen LogP contribution in [0, 0.1) is 11.3 Å². The lowest BCUT2D eigenvalue weighted by Gasteiger charge is -2.32. The zero-order valence-corrected chi connectivity index (χ0v) is 15.1. The Bertz CT molecular complexity index is 573. The van der Waals surface area contributed by atoms with Crippen molar-refractivity contribution in [2.45, 2.75) is 77.6 Å². The fourth-order valence-corrected chi connectivity index (χ4v) is 2.51. The Morgan fingerprint density at radius 1 is 0.826 bits per heavy atom. The normalized spacial score (nSPS) is 19.3. The van der Waals surface area contributed by atoms with E-state index in [0.29, 0.717) is 41.5 Å². The molecule has 0 saturated heterocycles. The number of nitrogens with zero attached hydrogens (tertiary/aromatic N) is 1. The quantitative estimate of drug-likeness (QED) is 0.750. The highest BCUT2D eigenvalue weighted by atomic mass is 16.3. The first kappa shape index (κ1) is 19.6. The molecule has 0 heterocycles. The Kier molecular flexibility index (Phi) is 5.64. The summed E-state index contributed by atoms with van der Waals surface area (Å²) in [5.74, 6) is 0. The summed E-state index contributed by atoms with van der Waals surface area (Å²) in [6, 6.07) is 5.53. The number of hydrogen-bond donors (Lipinski definition) is 3. The van der Waals surface area contributed by atoms with E-state index in [9.17, 15) is 20.6 Å². The van der Waals surface area contributed by atoms with Crippen molar-refractivity contribution in [2.24, 2.45) is 0 Å². The third-order valence-electron chi connectivity index (χ3n) is 5.10. The van der Waals surface area contributed by atoms with E-state index >= 15 is 0 Å². The van der Waals surface area contributed by atoms with Crippen LogP contribution in [0.4, 0.5) is 0 Å². The molecule has 0 spiro atoms. The molecule has 1 aromatic carbocycles. The van der Waals surface area contributed by atoms with Crippen molar-refractivity contribution in [1.29, 1.82) is 5.26 Å². The standard InChI is InChI=1S/C19H29NO3/c1-7-17(4,21)13-10-15(18(5,22)8-2)14(12-20)16(11-13)19(6,23)9-3/h10-11,21-23H,7-9H2,1-6H3. The summed E-state index contributed by atoms with van der Waals surface area (Å²) >= 11 is 0. The highest BCUT2D eigenvalue weighted by Gasteiger charge is 2.34. The van der Waals surface area contributed by atoms with Gasteiger partial charge in [-0.05, 0) is 57.7 Å². The fraction of sp³-hybridized carbons (Fsp3) is 0.632. The smallest absolute Gasteiger partial charge is 0.0999 e. The molecule has 0 aromatic heterocycles. The van der Waals surface area contributed by atoms with Crippen LogP contribution in [-0.4, -0.2) is 15.3 Å². The molecule has 3 unspecified atom stereocenters. The largest absolute Gasteiger partial charge is 0.385 e.